The minimum atomic E-state index is -0.743. The standard InChI is InChI=1S/C32H52N2O5/c1-23(2)26(18-19-33-29(35)37-22-25-16-12-9-13-17-25)21-28-27(20-24-14-10-8-11-15-24)34(32(6,7)38-28)30(36)39-31(3,4)5/h9,12-13,16-17,23-24,26-28H,8,10-11,14-15,18-22H2,1-7H3,(H,33,35)/t26-,27-,28-/m0/s1. The van der Waals surface area contributed by atoms with Crippen LogP contribution >= 0.6 is 0 Å². The quantitative estimate of drug-likeness (QED) is 0.327. The van der Waals surface area contributed by atoms with Gasteiger partial charge in [-0.3, -0.25) is 4.90 Å². The second-order valence-electron chi connectivity index (χ2n) is 13.3. The zero-order chi connectivity index (χ0) is 28.6. The molecule has 0 spiro atoms. The average Bonchev–Trinajstić information content (AvgIpc) is 3.11. The summed E-state index contributed by atoms with van der Waals surface area (Å²) >= 11 is 0. The molecule has 1 heterocycles. The van der Waals surface area contributed by atoms with E-state index in [0.29, 0.717) is 24.3 Å². The van der Waals surface area contributed by atoms with E-state index in [1.165, 1.54) is 32.1 Å². The summed E-state index contributed by atoms with van der Waals surface area (Å²) in [5, 5.41) is 2.92. The summed E-state index contributed by atoms with van der Waals surface area (Å²) < 4.78 is 17.9. The van der Waals surface area contributed by atoms with E-state index in [0.717, 1.165) is 24.8 Å². The van der Waals surface area contributed by atoms with Gasteiger partial charge in [0.1, 0.15) is 17.9 Å². The van der Waals surface area contributed by atoms with Gasteiger partial charge in [-0.2, -0.15) is 0 Å². The highest BCUT2D eigenvalue weighted by Crippen LogP contribution is 2.42. The smallest absolute Gasteiger partial charge is 0.412 e. The van der Waals surface area contributed by atoms with Gasteiger partial charge in [-0.05, 0) is 77.2 Å². The Morgan fingerprint density at radius 3 is 2.38 bits per heavy atom. The van der Waals surface area contributed by atoms with Crippen LogP contribution in [0.5, 0.6) is 0 Å². The van der Waals surface area contributed by atoms with Crippen molar-refractivity contribution in [3.05, 3.63) is 35.9 Å². The van der Waals surface area contributed by atoms with Crippen molar-refractivity contribution in [2.75, 3.05) is 6.54 Å². The van der Waals surface area contributed by atoms with Crippen molar-refractivity contribution < 1.29 is 23.8 Å². The molecule has 1 aromatic rings. The first-order chi connectivity index (χ1) is 18.4. The molecule has 1 N–H and O–H groups in total. The first kappa shape index (κ1) is 31.3. The molecule has 1 aliphatic heterocycles. The van der Waals surface area contributed by atoms with Crippen LogP contribution in [0.2, 0.25) is 0 Å². The molecular formula is C32H52N2O5. The third kappa shape index (κ3) is 9.70. The number of ether oxygens (including phenoxy) is 3. The van der Waals surface area contributed by atoms with Crippen molar-refractivity contribution in [3.8, 4) is 0 Å². The van der Waals surface area contributed by atoms with E-state index in [4.69, 9.17) is 14.2 Å². The Morgan fingerprint density at radius 1 is 1.10 bits per heavy atom. The maximum Gasteiger partial charge on any atom is 0.412 e. The Hall–Kier alpha value is -2.28. The van der Waals surface area contributed by atoms with Gasteiger partial charge in [0.05, 0.1) is 12.1 Å². The fourth-order valence-electron chi connectivity index (χ4n) is 6.12. The summed E-state index contributed by atoms with van der Waals surface area (Å²) in [7, 11) is 0. The van der Waals surface area contributed by atoms with Gasteiger partial charge < -0.3 is 19.5 Å². The highest BCUT2D eigenvalue weighted by molar-refractivity contribution is 5.70. The molecule has 220 valence electrons. The van der Waals surface area contributed by atoms with E-state index in [1.807, 2.05) is 69.9 Å². The lowest BCUT2D eigenvalue weighted by Crippen LogP contribution is -2.51. The first-order valence-electron chi connectivity index (χ1n) is 15.0. The molecule has 0 aromatic heterocycles. The lowest BCUT2D eigenvalue weighted by atomic mass is 9.80. The molecule has 2 aliphatic rings. The molecule has 2 fully saturated rings. The molecule has 2 amide bonds. The fourth-order valence-corrected chi connectivity index (χ4v) is 6.12. The molecular weight excluding hydrogens is 492 g/mol. The van der Waals surface area contributed by atoms with Crippen LogP contribution in [0, 0.1) is 17.8 Å². The molecule has 0 unspecified atom stereocenters. The molecule has 0 radical (unpaired) electrons. The molecule has 1 saturated carbocycles. The number of nitrogens with one attached hydrogen (secondary N) is 1. The van der Waals surface area contributed by atoms with Gasteiger partial charge in [0.25, 0.3) is 0 Å². The van der Waals surface area contributed by atoms with Crippen LogP contribution < -0.4 is 5.32 Å². The molecule has 0 bridgehead atoms. The minimum Gasteiger partial charge on any atom is -0.445 e. The molecule has 3 rings (SSSR count). The van der Waals surface area contributed by atoms with Crippen LogP contribution in [-0.4, -0.2) is 47.1 Å². The van der Waals surface area contributed by atoms with Crippen molar-refractivity contribution >= 4 is 12.2 Å². The Balaban J connectivity index is 1.64. The number of rotatable bonds is 10. The van der Waals surface area contributed by atoms with Crippen LogP contribution in [0.1, 0.15) is 105 Å². The van der Waals surface area contributed by atoms with E-state index < -0.39 is 17.4 Å². The zero-order valence-corrected chi connectivity index (χ0v) is 25.3. The van der Waals surface area contributed by atoms with Gasteiger partial charge in [-0.15, -0.1) is 0 Å². The van der Waals surface area contributed by atoms with E-state index >= 15 is 0 Å². The summed E-state index contributed by atoms with van der Waals surface area (Å²) in [5.74, 6) is 1.34. The number of carbonyl (C=O) groups excluding carboxylic acids is 2. The molecule has 3 atom stereocenters. The normalized spacial score (nSPS) is 22.5. The second-order valence-corrected chi connectivity index (χ2v) is 13.3. The first-order valence-corrected chi connectivity index (χ1v) is 15.0. The average molecular weight is 545 g/mol. The summed E-state index contributed by atoms with van der Waals surface area (Å²) in [6.07, 6.45) is 8.10. The highest BCUT2D eigenvalue weighted by atomic mass is 16.6. The van der Waals surface area contributed by atoms with Crippen LogP contribution in [0.15, 0.2) is 30.3 Å². The topological polar surface area (TPSA) is 77.1 Å². The van der Waals surface area contributed by atoms with Crippen molar-refractivity contribution in [1.82, 2.24) is 10.2 Å². The Kier molecular flexibility index (Phi) is 11.1. The van der Waals surface area contributed by atoms with Gasteiger partial charge in [-0.25, -0.2) is 9.59 Å². The minimum absolute atomic E-state index is 0.0250. The SMILES string of the molecule is CC(C)[C@@H](CCNC(=O)OCc1ccccc1)C[C@@H]1OC(C)(C)N(C(=O)OC(C)(C)C)[C@H]1CC1CCCCC1. The van der Waals surface area contributed by atoms with Crippen molar-refractivity contribution in [2.24, 2.45) is 17.8 Å². The van der Waals surface area contributed by atoms with Crippen LogP contribution in [0.4, 0.5) is 9.59 Å². The molecule has 1 aromatic carbocycles. The van der Waals surface area contributed by atoms with E-state index in [2.05, 4.69) is 19.2 Å². The van der Waals surface area contributed by atoms with Crippen molar-refractivity contribution in [2.45, 2.75) is 130 Å². The highest BCUT2D eigenvalue weighted by Gasteiger charge is 2.52. The van der Waals surface area contributed by atoms with Crippen LogP contribution in [-0.2, 0) is 20.8 Å². The lowest BCUT2D eigenvalue weighted by Gasteiger charge is -2.37. The summed E-state index contributed by atoms with van der Waals surface area (Å²) in [6.45, 7) is 14.9. The Labute approximate surface area is 236 Å². The molecule has 1 aliphatic carbocycles. The second kappa shape index (κ2) is 13.9. The van der Waals surface area contributed by atoms with Gasteiger partial charge in [0.15, 0.2) is 0 Å². The number of alkyl carbamates (subject to hydrolysis) is 1. The monoisotopic (exact) mass is 544 g/mol. The lowest BCUT2D eigenvalue weighted by molar-refractivity contribution is -0.0831. The van der Waals surface area contributed by atoms with E-state index in [9.17, 15) is 9.59 Å². The largest absolute Gasteiger partial charge is 0.445 e. The van der Waals surface area contributed by atoms with E-state index in [1.54, 1.807) is 0 Å². The maximum atomic E-state index is 13.5. The summed E-state index contributed by atoms with van der Waals surface area (Å²) in [6, 6.07) is 9.66. The fraction of sp³-hybridized carbons (Fsp3) is 0.750. The Morgan fingerprint density at radius 2 is 1.77 bits per heavy atom. The van der Waals surface area contributed by atoms with Gasteiger partial charge in [0, 0.05) is 6.54 Å². The predicted octanol–water partition coefficient (Wildman–Crippen LogP) is 7.68. The molecule has 7 heteroatoms. The third-order valence-electron chi connectivity index (χ3n) is 8.15. The Bertz CT molecular complexity index is 905. The number of carbonyl (C=O) groups is 2. The van der Waals surface area contributed by atoms with E-state index in [-0.39, 0.29) is 24.8 Å². The maximum absolute atomic E-state index is 13.5. The summed E-state index contributed by atoms with van der Waals surface area (Å²) in [4.78, 5) is 27.6. The third-order valence-corrected chi connectivity index (χ3v) is 8.15. The van der Waals surface area contributed by atoms with Crippen LogP contribution in [0.25, 0.3) is 0 Å². The molecule has 39 heavy (non-hydrogen) atoms. The number of hydrogen-bond donors (Lipinski definition) is 1. The van der Waals surface area contributed by atoms with Crippen molar-refractivity contribution in [1.29, 1.82) is 0 Å². The zero-order valence-electron chi connectivity index (χ0n) is 25.3. The number of benzene rings is 1. The number of nitrogens with zero attached hydrogens (tertiary/aromatic N) is 1. The number of hydrogen-bond acceptors (Lipinski definition) is 5. The molecule has 1 saturated heterocycles. The van der Waals surface area contributed by atoms with Crippen molar-refractivity contribution in [3.63, 3.8) is 0 Å². The predicted molar refractivity (Wildman–Crippen MR) is 154 cm³/mol. The van der Waals surface area contributed by atoms with Gasteiger partial charge in [-0.1, -0.05) is 76.3 Å². The van der Waals surface area contributed by atoms with Gasteiger partial charge >= 0.3 is 12.2 Å². The van der Waals surface area contributed by atoms with Gasteiger partial charge in [0.2, 0.25) is 0 Å². The van der Waals surface area contributed by atoms with Crippen LogP contribution in [0.3, 0.4) is 0 Å². The number of amides is 2. The molecule has 7 nitrogen and oxygen atoms in total. The summed E-state index contributed by atoms with van der Waals surface area (Å²) in [5.41, 5.74) is -0.345.